The van der Waals surface area contributed by atoms with Gasteiger partial charge in [0.05, 0.1) is 28.8 Å². The number of thiophene rings is 1. The van der Waals surface area contributed by atoms with Crippen LogP contribution in [0.15, 0.2) is 27.8 Å². The van der Waals surface area contributed by atoms with E-state index in [1.807, 2.05) is 0 Å². The van der Waals surface area contributed by atoms with Gasteiger partial charge in [-0.05, 0) is 36.4 Å². The molecule has 0 aliphatic rings. The number of methoxy groups -OCH3 is 1. The Morgan fingerprint density at radius 3 is 2.55 bits per heavy atom. The molecule has 2 heterocycles. The molecule has 11 heteroatoms. The highest BCUT2D eigenvalue weighted by atomic mass is 32.2. The van der Waals surface area contributed by atoms with E-state index < -0.39 is 29.6 Å². The van der Waals surface area contributed by atoms with Crippen molar-refractivity contribution in [2.24, 2.45) is 0 Å². The van der Waals surface area contributed by atoms with E-state index in [1.165, 1.54) is 25.5 Å². The number of carbonyl (C=O) groups excluding carboxylic acids is 1. The zero-order chi connectivity index (χ0) is 21.5. The summed E-state index contributed by atoms with van der Waals surface area (Å²) in [6.07, 6.45) is -0.420. The number of aliphatic carboxylic acids is 1. The normalized spacial score (nSPS) is 11.8. The SMILES string of the molecule is COc1cc2c(CC(=O)O)c(C)n(C(=O)c3csc(SC(F)(F)F)c3)c2cc1F. The fraction of sp³-hybridized carbons (Fsp3) is 0.222. The number of halogens is 4. The van der Waals surface area contributed by atoms with Gasteiger partial charge >= 0.3 is 11.5 Å². The molecule has 2 aromatic heterocycles. The molecule has 3 aromatic rings. The molecule has 1 N–H and O–H groups in total. The summed E-state index contributed by atoms with van der Waals surface area (Å²) in [6, 6.07) is 3.45. The third kappa shape index (κ3) is 4.25. The summed E-state index contributed by atoms with van der Waals surface area (Å²) in [6.45, 7) is 1.50. The van der Waals surface area contributed by atoms with Crippen LogP contribution in [0, 0.1) is 12.7 Å². The van der Waals surface area contributed by atoms with Gasteiger partial charge in [0.1, 0.15) is 0 Å². The molecule has 0 unspecified atom stereocenters. The van der Waals surface area contributed by atoms with Crippen LogP contribution in [0.4, 0.5) is 17.6 Å². The van der Waals surface area contributed by atoms with Gasteiger partial charge in [-0.3, -0.25) is 14.2 Å². The lowest BCUT2D eigenvalue weighted by Gasteiger charge is -2.07. The summed E-state index contributed by atoms with van der Waals surface area (Å²) in [5, 5.41) is 10.8. The van der Waals surface area contributed by atoms with Gasteiger partial charge in [0.2, 0.25) is 0 Å². The van der Waals surface area contributed by atoms with E-state index in [0.717, 1.165) is 28.0 Å². The van der Waals surface area contributed by atoms with Crippen molar-refractivity contribution in [1.29, 1.82) is 0 Å². The molecule has 29 heavy (non-hydrogen) atoms. The number of carboxylic acids is 1. The number of ether oxygens (including phenoxy) is 1. The molecule has 0 atom stereocenters. The molecule has 3 rings (SSSR count). The van der Waals surface area contributed by atoms with E-state index in [4.69, 9.17) is 4.74 Å². The van der Waals surface area contributed by atoms with Crippen LogP contribution >= 0.6 is 23.1 Å². The standard InChI is InChI=1S/C18H13F4NO4S2/c1-8-10(5-15(24)25)11-4-14(27-2)12(19)6-13(11)23(8)17(26)9-3-16(28-7-9)29-18(20,21)22/h3-4,6-7H,5H2,1-2H3,(H,24,25). The smallest absolute Gasteiger partial charge is 0.447 e. The first-order chi connectivity index (χ1) is 13.5. The molecule has 1 aromatic carbocycles. The van der Waals surface area contributed by atoms with Crippen LogP contribution in [-0.4, -0.2) is 34.2 Å². The lowest BCUT2D eigenvalue weighted by atomic mass is 10.1. The third-order valence-electron chi connectivity index (χ3n) is 4.18. The predicted octanol–water partition coefficient (Wildman–Crippen LogP) is 5.09. The second-order valence-corrected chi connectivity index (χ2v) is 8.26. The van der Waals surface area contributed by atoms with Crippen molar-refractivity contribution in [1.82, 2.24) is 4.57 Å². The van der Waals surface area contributed by atoms with Crippen LogP contribution in [0.5, 0.6) is 5.75 Å². The first-order valence-electron chi connectivity index (χ1n) is 8.00. The molecule has 0 aliphatic carbocycles. The van der Waals surface area contributed by atoms with Crippen LogP contribution in [0.3, 0.4) is 0 Å². The fourth-order valence-electron chi connectivity index (χ4n) is 3.00. The largest absolute Gasteiger partial charge is 0.494 e. The van der Waals surface area contributed by atoms with Crippen LogP contribution in [-0.2, 0) is 11.2 Å². The number of aromatic nitrogens is 1. The van der Waals surface area contributed by atoms with Crippen molar-refractivity contribution in [3.8, 4) is 5.75 Å². The minimum Gasteiger partial charge on any atom is -0.494 e. The molecule has 0 fully saturated rings. The predicted molar refractivity (Wildman–Crippen MR) is 100 cm³/mol. The molecule has 0 bridgehead atoms. The molecular formula is C18H13F4NO4S2. The maximum absolute atomic E-state index is 14.3. The van der Waals surface area contributed by atoms with Crippen LogP contribution in [0.2, 0.25) is 0 Å². The van der Waals surface area contributed by atoms with Crippen molar-refractivity contribution in [2.75, 3.05) is 7.11 Å². The van der Waals surface area contributed by atoms with Gasteiger partial charge in [0, 0.05) is 22.5 Å². The number of fused-ring (bicyclic) bond motifs is 1. The van der Waals surface area contributed by atoms with Gasteiger partial charge in [-0.2, -0.15) is 13.2 Å². The summed E-state index contributed by atoms with van der Waals surface area (Å²) in [4.78, 5) is 24.3. The zero-order valence-electron chi connectivity index (χ0n) is 15.0. The number of hydrogen-bond donors (Lipinski definition) is 1. The molecule has 0 spiro atoms. The molecule has 154 valence electrons. The Balaban J connectivity index is 2.15. The topological polar surface area (TPSA) is 68.5 Å². The molecule has 0 radical (unpaired) electrons. The Hall–Kier alpha value is -2.53. The van der Waals surface area contributed by atoms with Crippen molar-refractivity contribution in [2.45, 2.75) is 23.1 Å². The Labute approximate surface area is 169 Å². The number of alkyl halides is 3. The number of carbonyl (C=O) groups is 2. The van der Waals surface area contributed by atoms with E-state index >= 15 is 0 Å². The Bertz CT molecular complexity index is 1120. The molecule has 5 nitrogen and oxygen atoms in total. The number of rotatable bonds is 5. The van der Waals surface area contributed by atoms with Gasteiger partial charge in [-0.25, -0.2) is 4.39 Å². The third-order valence-corrected chi connectivity index (χ3v) is 5.99. The number of carboxylic acid groups (broad SMARTS) is 1. The van der Waals surface area contributed by atoms with Crippen molar-refractivity contribution in [3.63, 3.8) is 0 Å². The summed E-state index contributed by atoms with van der Waals surface area (Å²) in [5.74, 6) is -2.71. The summed E-state index contributed by atoms with van der Waals surface area (Å²) in [7, 11) is 1.25. The van der Waals surface area contributed by atoms with Gasteiger partial charge in [-0.15, -0.1) is 11.3 Å². The molecule has 0 amide bonds. The average molecular weight is 447 g/mol. The van der Waals surface area contributed by atoms with Crippen LogP contribution in [0.1, 0.15) is 21.6 Å². The highest BCUT2D eigenvalue weighted by Gasteiger charge is 2.31. The van der Waals surface area contributed by atoms with E-state index in [2.05, 4.69) is 0 Å². The van der Waals surface area contributed by atoms with Gasteiger partial charge in [0.25, 0.3) is 5.91 Å². The quantitative estimate of drug-likeness (QED) is 0.436. The minimum absolute atomic E-state index is 0.0140. The highest BCUT2D eigenvalue weighted by molar-refractivity contribution is 8.01. The van der Waals surface area contributed by atoms with E-state index in [9.17, 15) is 32.3 Å². The van der Waals surface area contributed by atoms with E-state index in [1.54, 1.807) is 0 Å². The number of thioether (sulfide) groups is 1. The molecular weight excluding hydrogens is 434 g/mol. The maximum atomic E-state index is 14.3. The first kappa shape index (κ1) is 21.2. The van der Waals surface area contributed by atoms with E-state index in [-0.39, 0.29) is 38.5 Å². The average Bonchev–Trinajstić information content (AvgIpc) is 3.15. The Morgan fingerprint density at radius 1 is 1.28 bits per heavy atom. The number of hydrogen-bond acceptors (Lipinski definition) is 5. The lowest BCUT2D eigenvalue weighted by molar-refractivity contribution is -0.136. The monoisotopic (exact) mass is 447 g/mol. The first-order valence-corrected chi connectivity index (χ1v) is 9.69. The molecule has 0 saturated heterocycles. The van der Waals surface area contributed by atoms with E-state index in [0.29, 0.717) is 10.9 Å². The fourth-order valence-corrected chi connectivity index (χ4v) is 4.64. The van der Waals surface area contributed by atoms with Crippen molar-refractivity contribution < 1.29 is 37.0 Å². The van der Waals surface area contributed by atoms with Crippen LogP contribution < -0.4 is 4.74 Å². The van der Waals surface area contributed by atoms with Crippen LogP contribution in [0.25, 0.3) is 10.9 Å². The maximum Gasteiger partial charge on any atom is 0.447 e. The van der Waals surface area contributed by atoms with Crippen molar-refractivity contribution in [3.05, 3.63) is 46.2 Å². The zero-order valence-corrected chi connectivity index (χ0v) is 16.6. The number of benzene rings is 1. The highest BCUT2D eigenvalue weighted by Crippen LogP contribution is 2.40. The second-order valence-electron chi connectivity index (χ2n) is 5.98. The molecule has 0 aliphatic heterocycles. The second kappa shape index (κ2) is 7.71. The van der Waals surface area contributed by atoms with Gasteiger partial charge < -0.3 is 9.84 Å². The molecule has 0 saturated carbocycles. The summed E-state index contributed by atoms with van der Waals surface area (Å²) >= 11 is 0.424. The summed E-state index contributed by atoms with van der Waals surface area (Å²) in [5.41, 5.74) is -3.84. The Kier molecular flexibility index (Phi) is 5.63. The Morgan fingerprint density at radius 2 is 1.97 bits per heavy atom. The lowest BCUT2D eigenvalue weighted by Crippen LogP contribution is -2.13. The number of nitrogens with zero attached hydrogens (tertiary/aromatic N) is 1. The van der Waals surface area contributed by atoms with Gasteiger partial charge in [-0.1, -0.05) is 0 Å². The van der Waals surface area contributed by atoms with Gasteiger partial charge in [0.15, 0.2) is 11.6 Å². The minimum atomic E-state index is -4.49. The van der Waals surface area contributed by atoms with Crippen molar-refractivity contribution >= 4 is 45.9 Å². The summed E-state index contributed by atoms with van der Waals surface area (Å²) < 4.78 is 57.9.